The molecule has 106 valence electrons. The summed E-state index contributed by atoms with van der Waals surface area (Å²) in [5.74, 6) is 0.766. The maximum atomic E-state index is 6.13. The normalized spacial score (nSPS) is 10.6. The van der Waals surface area contributed by atoms with E-state index in [2.05, 4.69) is 15.9 Å². The van der Waals surface area contributed by atoms with Crippen LogP contribution >= 0.6 is 39.1 Å². The molecule has 0 heterocycles. The van der Waals surface area contributed by atoms with Crippen molar-refractivity contribution in [3.8, 4) is 5.75 Å². The van der Waals surface area contributed by atoms with E-state index in [1.54, 1.807) is 6.07 Å². The number of nitrogens with two attached hydrogens (primary N) is 1. The third-order valence-corrected chi connectivity index (χ3v) is 4.32. The van der Waals surface area contributed by atoms with Crippen LogP contribution in [0.15, 0.2) is 40.9 Å². The average molecular weight is 375 g/mol. The Kier molecular flexibility index (Phi) is 5.73. The van der Waals surface area contributed by atoms with E-state index < -0.39 is 0 Å². The van der Waals surface area contributed by atoms with Crippen molar-refractivity contribution in [1.82, 2.24) is 0 Å². The summed E-state index contributed by atoms with van der Waals surface area (Å²) < 4.78 is 6.67. The maximum Gasteiger partial charge on any atom is 0.134 e. The molecule has 2 aromatic rings. The number of hydrogen-bond acceptors (Lipinski definition) is 2. The molecule has 0 unspecified atom stereocenters. The zero-order chi connectivity index (χ0) is 14.5. The zero-order valence-corrected chi connectivity index (χ0v) is 13.8. The fourth-order valence-corrected chi connectivity index (χ4v) is 2.71. The third-order valence-electron chi connectivity index (χ3n) is 2.84. The third kappa shape index (κ3) is 3.89. The fourth-order valence-electron chi connectivity index (χ4n) is 1.80. The quantitative estimate of drug-likeness (QED) is 0.812. The van der Waals surface area contributed by atoms with Crippen molar-refractivity contribution >= 4 is 39.1 Å². The van der Waals surface area contributed by atoms with Crippen molar-refractivity contribution in [2.24, 2.45) is 5.73 Å². The maximum absolute atomic E-state index is 6.13. The van der Waals surface area contributed by atoms with Gasteiger partial charge in [-0.15, -0.1) is 0 Å². The topological polar surface area (TPSA) is 35.2 Å². The zero-order valence-electron chi connectivity index (χ0n) is 10.7. The Balaban J connectivity index is 2.09. The van der Waals surface area contributed by atoms with Crippen molar-refractivity contribution in [3.05, 3.63) is 62.0 Å². The lowest BCUT2D eigenvalue weighted by atomic mass is 10.1. The van der Waals surface area contributed by atoms with E-state index in [9.17, 15) is 0 Å². The molecule has 0 aliphatic heterocycles. The van der Waals surface area contributed by atoms with E-state index >= 15 is 0 Å². The second kappa shape index (κ2) is 7.32. The van der Waals surface area contributed by atoms with Crippen LogP contribution in [0.5, 0.6) is 5.75 Å². The van der Waals surface area contributed by atoms with Crippen LogP contribution < -0.4 is 10.5 Å². The minimum Gasteiger partial charge on any atom is -0.488 e. The first kappa shape index (κ1) is 15.6. The summed E-state index contributed by atoms with van der Waals surface area (Å²) >= 11 is 15.6. The molecule has 0 aliphatic rings. The Morgan fingerprint density at radius 2 is 1.95 bits per heavy atom. The van der Waals surface area contributed by atoms with Gasteiger partial charge in [-0.2, -0.15) is 0 Å². The van der Waals surface area contributed by atoms with Crippen LogP contribution in [0.4, 0.5) is 0 Å². The van der Waals surface area contributed by atoms with E-state index in [4.69, 9.17) is 33.7 Å². The summed E-state index contributed by atoms with van der Waals surface area (Å²) in [6.07, 6.45) is 0.846. The number of ether oxygens (including phenoxy) is 1. The Morgan fingerprint density at radius 3 is 2.65 bits per heavy atom. The smallest absolute Gasteiger partial charge is 0.134 e. The molecule has 0 radical (unpaired) electrons. The summed E-state index contributed by atoms with van der Waals surface area (Å²) in [5.41, 5.74) is 7.57. The molecular weight excluding hydrogens is 361 g/mol. The molecular formula is C15H14BrCl2NO. The van der Waals surface area contributed by atoms with Gasteiger partial charge in [0, 0.05) is 5.56 Å². The van der Waals surface area contributed by atoms with Crippen LogP contribution in [0.25, 0.3) is 0 Å². The van der Waals surface area contributed by atoms with Gasteiger partial charge in [-0.3, -0.25) is 0 Å². The summed E-state index contributed by atoms with van der Waals surface area (Å²) in [7, 11) is 0. The van der Waals surface area contributed by atoms with Gasteiger partial charge < -0.3 is 10.5 Å². The molecule has 0 saturated carbocycles. The molecule has 0 aromatic heterocycles. The van der Waals surface area contributed by atoms with Gasteiger partial charge in [0.25, 0.3) is 0 Å². The second-order valence-corrected chi connectivity index (χ2v) is 5.94. The monoisotopic (exact) mass is 373 g/mol. The lowest BCUT2D eigenvalue weighted by molar-refractivity contribution is 0.304. The predicted octanol–water partition coefficient (Wildman–Crippen LogP) is 4.84. The van der Waals surface area contributed by atoms with Crippen molar-refractivity contribution in [2.45, 2.75) is 13.0 Å². The van der Waals surface area contributed by atoms with E-state index in [-0.39, 0.29) is 0 Å². The highest BCUT2D eigenvalue weighted by atomic mass is 79.9. The van der Waals surface area contributed by atoms with Gasteiger partial charge in [-0.25, -0.2) is 0 Å². The van der Waals surface area contributed by atoms with Gasteiger partial charge in [0.2, 0.25) is 0 Å². The average Bonchev–Trinajstić information content (AvgIpc) is 2.42. The van der Waals surface area contributed by atoms with Gasteiger partial charge in [0.05, 0.1) is 14.5 Å². The van der Waals surface area contributed by atoms with Gasteiger partial charge in [-0.05, 0) is 52.7 Å². The molecule has 0 fully saturated rings. The van der Waals surface area contributed by atoms with E-state index in [0.717, 1.165) is 22.2 Å². The highest BCUT2D eigenvalue weighted by molar-refractivity contribution is 9.10. The van der Waals surface area contributed by atoms with E-state index in [1.807, 2.05) is 30.3 Å². The van der Waals surface area contributed by atoms with Crippen LogP contribution in [0.3, 0.4) is 0 Å². The van der Waals surface area contributed by atoms with Crippen molar-refractivity contribution < 1.29 is 4.74 Å². The number of rotatable bonds is 5. The van der Waals surface area contributed by atoms with Crippen molar-refractivity contribution in [1.29, 1.82) is 0 Å². The lowest BCUT2D eigenvalue weighted by Gasteiger charge is -2.11. The SMILES string of the molecule is NCCc1ccc(OCc2cccc(Cl)c2Cl)c(Br)c1. The Bertz CT molecular complexity index is 604. The Labute approximate surface area is 137 Å². The highest BCUT2D eigenvalue weighted by Gasteiger charge is 2.07. The second-order valence-electron chi connectivity index (χ2n) is 4.31. The summed E-state index contributed by atoms with van der Waals surface area (Å²) in [5, 5.41) is 1.06. The van der Waals surface area contributed by atoms with Crippen LogP contribution in [-0.4, -0.2) is 6.54 Å². The van der Waals surface area contributed by atoms with Crippen LogP contribution in [0.2, 0.25) is 10.0 Å². The largest absolute Gasteiger partial charge is 0.488 e. The number of halogens is 3. The molecule has 0 saturated heterocycles. The summed E-state index contributed by atoms with van der Waals surface area (Å²) in [6.45, 7) is 0.999. The van der Waals surface area contributed by atoms with E-state index in [0.29, 0.717) is 23.2 Å². The molecule has 0 bridgehead atoms. The minimum atomic E-state index is 0.369. The van der Waals surface area contributed by atoms with Gasteiger partial charge >= 0.3 is 0 Å². The van der Waals surface area contributed by atoms with Crippen LogP contribution in [0.1, 0.15) is 11.1 Å². The van der Waals surface area contributed by atoms with Crippen LogP contribution in [-0.2, 0) is 13.0 Å². The minimum absolute atomic E-state index is 0.369. The molecule has 2 nitrogen and oxygen atoms in total. The van der Waals surface area contributed by atoms with Crippen LogP contribution in [0, 0.1) is 0 Å². The standard InChI is InChI=1S/C15H14BrCl2NO/c16-12-8-10(6-7-19)4-5-14(12)20-9-11-2-1-3-13(17)15(11)18/h1-5,8H,6-7,9,19H2. The Hall–Kier alpha value is -0.740. The first-order chi connectivity index (χ1) is 9.61. The number of hydrogen-bond donors (Lipinski definition) is 1. The molecule has 2 aromatic carbocycles. The molecule has 0 amide bonds. The summed E-state index contributed by atoms with van der Waals surface area (Å²) in [6, 6.07) is 11.4. The van der Waals surface area contributed by atoms with Gasteiger partial charge in [-0.1, -0.05) is 41.4 Å². The van der Waals surface area contributed by atoms with Gasteiger partial charge in [0.1, 0.15) is 12.4 Å². The molecule has 20 heavy (non-hydrogen) atoms. The predicted molar refractivity (Wildman–Crippen MR) is 87.7 cm³/mol. The highest BCUT2D eigenvalue weighted by Crippen LogP contribution is 2.30. The number of benzene rings is 2. The van der Waals surface area contributed by atoms with Crippen molar-refractivity contribution in [2.75, 3.05) is 6.54 Å². The fraction of sp³-hybridized carbons (Fsp3) is 0.200. The molecule has 0 atom stereocenters. The first-order valence-electron chi connectivity index (χ1n) is 6.16. The molecule has 0 aliphatic carbocycles. The first-order valence-corrected chi connectivity index (χ1v) is 7.71. The lowest BCUT2D eigenvalue weighted by Crippen LogP contribution is -2.03. The summed E-state index contributed by atoms with van der Waals surface area (Å²) in [4.78, 5) is 0. The van der Waals surface area contributed by atoms with Gasteiger partial charge in [0.15, 0.2) is 0 Å². The molecule has 5 heteroatoms. The molecule has 2 rings (SSSR count). The van der Waals surface area contributed by atoms with Crippen molar-refractivity contribution in [3.63, 3.8) is 0 Å². The van der Waals surface area contributed by atoms with E-state index in [1.165, 1.54) is 5.56 Å². The molecule has 0 spiro atoms. The molecule has 2 N–H and O–H groups in total. The Morgan fingerprint density at radius 1 is 1.15 bits per heavy atom.